The molecule has 0 bridgehead atoms. The molecule has 4 nitrogen and oxygen atoms in total. The van der Waals surface area contributed by atoms with Crippen molar-refractivity contribution in [1.82, 2.24) is 10.2 Å². The van der Waals surface area contributed by atoms with E-state index in [1.165, 1.54) is 5.56 Å². The lowest BCUT2D eigenvalue weighted by atomic mass is 10.0. The van der Waals surface area contributed by atoms with Gasteiger partial charge in [0.2, 0.25) is 5.91 Å². The lowest BCUT2D eigenvalue weighted by Gasteiger charge is -2.28. The fourth-order valence-corrected chi connectivity index (χ4v) is 3.30. The number of likely N-dealkylation sites (tertiary alicyclic amines) is 1. The van der Waals surface area contributed by atoms with Crippen molar-refractivity contribution >= 4 is 5.91 Å². The van der Waals surface area contributed by atoms with Gasteiger partial charge in [-0.1, -0.05) is 12.1 Å². The first-order valence-electron chi connectivity index (χ1n) is 7.47. The Balaban J connectivity index is 1.75. The number of benzene rings is 1. The Kier molecular flexibility index (Phi) is 3.92. The van der Waals surface area contributed by atoms with Gasteiger partial charge in [0.15, 0.2) is 0 Å². The minimum atomic E-state index is 0.0360. The molecule has 2 fully saturated rings. The van der Waals surface area contributed by atoms with Gasteiger partial charge in [0.05, 0.1) is 19.2 Å². The van der Waals surface area contributed by atoms with Crippen LogP contribution in [0.1, 0.15) is 37.3 Å². The Bertz CT molecular complexity index is 466. The molecule has 0 saturated carbocycles. The molecule has 4 heteroatoms. The molecule has 2 heterocycles. The standard InChI is InChI=1S/C16H22N2O2/c1-20-13-8-6-12(7-9-13)15-5-3-11-18(15)16(19)14-4-2-10-17-14/h6-9,14-15,17H,2-5,10-11H2,1H3/t14-,15?/m1/s1. The molecule has 0 spiro atoms. The van der Waals surface area contributed by atoms with E-state index in [4.69, 9.17) is 4.74 Å². The number of carbonyl (C=O) groups excluding carboxylic acids is 1. The van der Waals surface area contributed by atoms with Crippen LogP contribution in [0.3, 0.4) is 0 Å². The number of hydrogen-bond acceptors (Lipinski definition) is 3. The average Bonchev–Trinajstić information content (AvgIpc) is 3.18. The number of rotatable bonds is 3. The van der Waals surface area contributed by atoms with Gasteiger partial charge in [-0.05, 0) is 49.9 Å². The zero-order chi connectivity index (χ0) is 13.9. The summed E-state index contributed by atoms with van der Waals surface area (Å²) in [7, 11) is 1.67. The monoisotopic (exact) mass is 274 g/mol. The SMILES string of the molecule is COc1ccc(C2CCCN2C(=O)[C@H]2CCCN2)cc1. The van der Waals surface area contributed by atoms with E-state index in [0.717, 1.165) is 44.5 Å². The molecule has 0 radical (unpaired) electrons. The number of amides is 1. The van der Waals surface area contributed by atoms with Crippen LogP contribution in [0.5, 0.6) is 5.75 Å². The van der Waals surface area contributed by atoms with Crippen LogP contribution in [-0.2, 0) is 4.79 Å². The normalized spacial score (nSPS) is 25.9. The Hall–Kier alpha value is -1.55. The Morgan fingerprint density at radius 3 is 2.70 bits per heavy atom. The molecule has 0 aliphatic carbocycles. The molecule has 2 aliphatic heterocycles. The number of methoxy groups -OCH3 is 1. The van der Waals surface area contributed by atoms with Crippen LogP contribution in [-0.4, -0.2) is 37.0 Å². The Labute approximate surface area is 120 Å². The molecule has 1 aromatic carbocycles. The molecular formula is C16H22N2O2. The third-order valence-electron chi connectivity index (χ3n) is 4.39. The fourth-order valence-electron chi connectivity index (χ4n) is 3.30. The highest BCUT2D eigenvalue weighted by atomic mass is 16.5. The quantitative estimate of drug-likeness (QED) is 0.918. The second-order valence-electron chi connectivity index (χ2n) is 5.61. The van der Waals surface area contributed by atoms with Gasteiger partial charge in [0.25, 0.3) is 0 Å². The van der Waals surface area contributed by atoms with Gasteiger partial charge in [-0.2, -0.15) is 0 Å². The largest absolute Gasteiger partial charge is 0.497 e. The molecule has 2 atom stereocenters. The summed E-state index contributed by atoms with van der Waals surface area (Å²) in [5.74, 6) is 1.14. The molecule has 1 amide bonds. The molecule has 1 aromatic rings. The van der Waals surface area contributed by atoms with Crippen molar-refractivity contribution in [1.29, 1.82) is 0 Å². The minimum absolute atomic E-state index is 0.0360. The number of carbonyl (C=O) groups is 1. The number of nitrogens with one attached hydrogen (secondary N) is 1. The van der Waals surface area contributed by atoms with Gasteiger partial charge in [-0.15, -0.1) is 0 Å². The Morgan fingerprint density at radius 2 is 2.05 bits per heavy atom. The third-order valence-corrected chi connectivity index (χ3v) is 4.39. The maximum absolute atomic E-state index is 12.6. The van der Waals surface area contributed by atoms with E-state index < -0.39 is 0 Å². The van der Waals surface area contributed by atoms with Gasteiger partial charge in [-0.3, -0.25) is 4.79 Å². The van der Waals surface area contributed by atoms with E-state index >= 15 is 0 Å². The van der Waals surface area contributed by atoms with Crippen LogP contribution < -0.4 is 10.1 Å². The van der Waals surface area contributed by atoms with Crippen molar-refractivity contribution in [2.45, 2.75) is 37.8 Å². The number of ether oxygens (including phenoxy) is 1. The van der Waals surface area contributed by atoms with Crippen molar-refractivity contribution in [2.75, 3.05) is 20.2 Å². The lowest BCUT2D eigenvalue weighted by Crippen LogP contribution is -2.43. The minimum Gasteiger partial charge on any atom is -0.497 e. The molecular weight excluding hydrogens is 252 g/mol. The summed E-state index contributed by atoms with van der Waals surface area (Å²) in [6.45, 7) is 1.85. The summed E-state index contributed by atoms with van der Waals surface area (Å²) in [5, 5.41) is 3.31. The van der Waals surface area contributed by atoms with E-state index in [0.29, 0.717) is 0 Å². The van der Waals surface area contributed by atoms with E-state index in [-0.39, 0.29) is 18.0 Å². The van der Waals surface area contributed by atoms with E-state index in [9.17, 15) is 4.79 Å². The summed E-state index contributed by atoms with van der Waals surface area (Å²) in [6.07, 6.45) is 4.24. The molecule has 2 saturated heterocycles. The molecule has 0 aromatic heterocycles. The van der Waals surface area contributed by atoms with Crippen LogP contribution in [0.4, 0.5) is 0 Å². The molecule has 20 heavy (non-hydrogen) atoms. The predicted molar refractivity (Wildman–Crippen MR) is 77.7 cm³/mol. The summed E-state index contributed by atoms with van der Waals surface area (Å²) < 4.78 is 5.20. The van der Waals surface area contributed by atoms with Gasteiger partial charge in [0, 0.05) is 6.54 Å². The third kappa shape index (κ3) is 2.52. The van der Waals surface area contributed by atoms with E-state index in [2.05, 4.69) is 22.3 Å². The summed E-state index contributed by atoms with van der Waals surface area (Å²) in [5.41, 5.74) is 1.22. The van der Waals surface area contributed by atoms with Crippen molar-refractivity contribution < 1.29 is 9.53 Å². The first-order chi connectivity index (χ1) is 9.79. The highest BCUT2D eigenvalue weighted by Gasteiger charge is 2.34. The van der Waals surface area contributed by atoms with E-state index in [1.807, 2.05) is 12.1 Å². The van der Waals surface area contributed by atoms with Gasteiger partial charge >= 0.3 is 0 Å². The second kappa shape index (κ2) is 5.83. The van der Waals surface area contributed by atoms with Crippen LogP contribution in [0.15, 0.2) is 24.3 Å². The zero-order valence-corrected chi connectivity index (χ0v) is 12.0. The summed E-state index contributed by atoms with van der Waals surface area (Å²) in [4.78, 5) is 14.7. The second-order valence-corrected chi connectivity index (χ2v) is 5.61. The Morgan fingerprint density at radius 1 is 1.25 bits per heavy atom. The smallest absolute Gasteiger partial charge is 0.240 e. The fraction of sp³-hybridized carbons (Fsp3) is 0.562. The van der Waals surface area contributed by atoms with Crippen molar-refractivity contribution in [3.05, 3.63) is 29.8 Å². The lowest BCUT2D eigenvalue weighted by molar-refractivity contribution is -0.134. The molecule has 1 unspecified atom stereocenters. The summed E-state index contributed by atoms with van der Waals surface area (Å²) >= 11 is 0. The summed E-state index contributed by atoms with van der Waals surface area (Å²) in [6, 6.07) is 8.38. The van der Waals surface area contributed by atoms with E-state index in [1.54, 1.807) is 7.11 Å². The van der Waals surface area contributed by atoms with Crippen LogP contribution >= 0.6 is 0 Å². The maximum atomic E-state index is 12.6. The van der Waals surface area contributed by atoms with Gasteiger partial charge in [-0.25, -0.2) is 0 Å². The van der Waals surface area contributed by atoms with Gasteiger partial charge < -0.3 is 15.0 Å². The molecule has 1 N–H and O–H groups in total. The van der Waals surface area contributed by atoms with Crippen molar-refractivity contribution in [3.8, 4) is 5.75 Å². The highest BCUT2D eigenvalue weighted by Crippen LogP contribution is 2.33. The first-order valence-corrected chi connectivity index (χ1v) is 7.47. The van der Waals surface area contributed by atoms with Crippen LogP contribution in [0, 0.1) is 0 Å². The molecule has 3 rings (SSSR count). The first kappa shape index (κ1) is 13.4. The highest BCUT2D eigenvalue weighted by molar-refractivity contribution is 5.83. The van der Waals surface area contributed by atoms with Crippen LogP contribution in [0.25, 0.3) is 0 Å². The molecule has 108 valence electrons. The van der Waals surface area contributed by atoms with Crippen molar-refractivity contribution in [2.24, 2.45) is 0 Å². The topological polar surface area (TPSA) is 41.6 Å². The zero-order valence-electron chi connectivity index (χ0n) is 12.0. The maximum Gasteiger partial charge on any atom is 0.240 e. The average molecular weight is 274 g/mol. The van der Waals surface area contributed by atoms with Crippen LogP contribution in [0.2, 0.25) is 0 Å². The number of hydrogen-bond donors (Lipinski definition) is 1. The molecule has 2 aliphatic rings. The van der Waals surface area contributed by atoms with Gasteiger partial charge in [0.1, 0.15) is 5.75 Å². The number of nitrogens with zero attached hydrogens (tertiary/aromatic N) is 1. The van der Waals surface area contributed by atoms with Crippen molar-refractivity contribution in [3.63, 3.8) is 0 Å². The predicted octanol–water partition coefficient (Wildman–Crippen LogP) is 2.11.